The second-order valence-electron chi connectivity index (χ2n) is 0.901. The van der Waals surface area contributed by atoms with E-state index in [1.807, 2.05) is 11.6 Å². The Kier molecular flexibility index (Phi) is 0.685. The fraction of sp³-hybridized carbons (Fsp3) is 0. The molecule has 5 heavy (non-hydrogen) atoms. The quantitative estimate of drug-likeness (QED) is 0.440. The maximum atomic E-state index is 5.41. The maximum Gasteiger partial charge on any atom is 0.267 e. The van der Waals surface area contributed by atoms with Crippen LogP contribution < -0.4 is 0 Å². The molecule has 1 rings (SSSR count). The lowest BCUT2D eigenvalue weighted by molar-refractivity contribution is 2.81. The summed E-state index contributed by atoms with van der Waals surface area (Å²) in [5.41, 5.74) is 0. The molecule has 0 bridgehead atoms. The Morgan fingerprint density at radius 1 is 1.20 bits per heavy atom. The average molecular weight is 128 g/mol. The monoisotopic (exact) mass is 127 g/mol. The predicted molar refractivity (Wildman–Crippen MR) is 27.8 cm³/mol. The van der Waals surface area contributed by atoms with Gasteiger partial charge in [-0.1, -0.05) is 0 Å². The molecule has 1 heterocycles. The molecule has 0 aliphatic carbocycles. The third-order valence-electron chi connectivity index (χ3n) is 0.374. The number of hydrogen-bond donors (Lipinski definition) is 0. The van der Waals surface area contributed by atoms with Crippen LogP contribution in [0.3, 0.4) is 0 Å². The molecule has 0 spiro atoms. The summed E-state index contributed by atoms with van der Waals surface area (Å²) in [6.07, 6.45) is 0. The minimum Gasteiger partial charge on any atom is 0.118 e. The summed E-state index contributed by atoms with van der Waals surface area (Å²) in [6, 6.07) is 0. The molecule has 0 aromatic rings. The standard InChI is InChI=1S/C2H2Cl2P/c3-5(4)1-2-5/h1-2H/q+1. The lowest BCUT2D eigenvalue weighted by atomic mass is 11.3. The van der Waals surface area contributed by atoms with Crippen molar-refractivity contribution in [2.45, 2.75) is 0 Å². The van der Waals surface area contributed by atoms with Crippen LogP contribution in [0.5, 0.6) is 0 Å². The van der Waals surface area contributed by atoms with Gasteiger partial charge in [0.05, 0.1) is 0 Å². The van der Waals surface area contributed by atoms with Gasteiger partial charge in [0.2, 0.25) is 0 Å². The van der Waals surface area contributed by atoms with Crippen LogP contribution in [-0.2, 0) is 0 Å². The van der Waals surface area contributed by atoms with Crippen molar-refractivity contribution in [2.75, 3.05) is 0 Å². The Balaban J connectivity index is 2.47. The highest BCUT2D eigenvalue weighted by Crippen LogP contribution is 2.82. The van der Waals surface area contributed by atoms with Gasteiger partial charge >= 0.3 is 0 Å². The topological polar surface area (TPSA) is 0 Å². The minimum atomic E-state index is -1.44. The molecular weight excluding hydrogens is 126 g/mol. The Hall–Kier alpha value is 0.750. The first-order valence-corrected chi connectivity index (χ1v) is 4.93. The normalized spacial score (nSPS) is 26.8. The van der Waals surface area contributed by atoms with Crippen LogP contribution in [0, 0.1) is 0 Å². The Bertz CT molecular complexity index is 67.7. The molecule has 0 N–H and O–H groups in total. The summed E-state index contributed by atoms with van der Waals surface area (Å²) in [7, 11) is 0. The molecule has 0 atom stereocenters. The lowest BCUT2D eigenvalue weighted by Gasteiger charge is -1.66. The van der Waals surface area contributed by atoms with Crippen molar-refractivity contribution in [2.24, 2.45) is 0 Å². The summed E-state index contributed by atoms with van der Waals surface area (Å²) in [5, 5.41) is 0. The van der Waals surface area contributed by atoms with E-state index in [-0.39, 0.29) is 0 Å². The van der Waals surface area contributed by atoms with E-state index in [1.54, 1.807) is 0 Å². The van der Waals surface area contributed by atoms with Crippen LogP contribution in [0.25, 0.3) is 0 Å². The highest BCUT2D eigenvalue weighted by Gasteiger charge is 2.41. The molecule has 1 aliphatic heterocycles. The van der Waals surface area contributed by atoms with Gasteiger partial charge in [0, 0.05) is 0 Å². The van der Waals surface area contributed by atoms with Gasteiger partial charge in [0.1, 0.15) is 34.1 Å². The van der Waals surface area contributed by atoms with Gasteiger partial charge in [0.15, 0.2) is 0 Å². The van der Waals surface area contributed by atoms with E-state index in [0.29, 0.717) is 0 Å². The van der Waals surface area contributed by atoms with Gasteiger partial charge in [-0.2, -0.15) is 0 Å². The fourth-order valence-corrected chi connectivity index (χ4v) is 1.36. The molecule has 0 nitrogen and oxygen atoms in total. The zero-order valence-electron chi connectivity index (χ0n) is 2.36. The highest BCUT2D eigenvalue weighted by atomic mass is 35.9. The molecule has 28 valence electrons. The van der Waals surface area contributed by atoms with Crippen LogP contribution >= 0.6 is 28.4 Å². The van der Waals surface area contributed by atoms with Gasteiger partial charge < -0.3 is 0 Å². The molecule has 0 aromatic heterocycles. The minimum absolute atomic E-state index is 1.44. The molecule has 1 aliphatic rings. The zero-order chi connectivity index (χ0) is 3.91. The predicted octanol–water partition coefficient (Wildman–Crippen LogP) is 2.80. The average Bonchev–Trinajstić information content (AvgIpc) is 1.76. The van der Waals surface area contributed by atoms with Crippen LogP contribution in [0.2, 0.25) is 0 Å². The molecule has 0 aromatic carbocycles. The van der Waals surface area contributed by atoms with E-state index in [4.69, 9.17) is 22.5 Å². The number of halogens is 2. The molecule has 3 heteroatoms. The number of hydrogen-bond acceptors (Lipinski definition) is 0. The Morgan fingerprint density at radius 2 is 1.40 bits per heavy atom. The van der Waals surface area contributed by atoms with E-state index >= 15 is 0 Å². The summed E-state index contributed by atoms with van der Waals surface area (Å²) < 4.78 is 0. The van der Waals surface area contributed by atoms with Crippen molar-refractivity contribution in [3.8, 4) is 0 Å². The van der Waals surface area contributed by atoms with Gasteiger partial charge in [-0.15, -0.1) is 0 Å². The molecule has 0 radical (unpaired) electrons. The van der Waals surface area contributed by atoms with Crippen molar-refractivity contribution in [1.82, 2.24) is 0 Å². The van der Waals surface area contributed by atoms with E-state index in [9.17, 15) is 0 Å². The second-order valence-corrected chi connectivity index (χ2v) is 6.58. The molecule has 0 saturated heterocycles. The smallest absolute Gasteiger partial charge is 0.118 e. The van der Waals surface area contributed by atoms with Crippen molar-refractivity contribution in [3.05, 3.63) is 11.6 Å². The van der Waals surface area contributed by atoms with Crippen LogP contribution in [0.1, 0.15) is 0 Å². The van der Waals surface area contributed by atoms with E-state index < -0.39 is 5.97 Å². The third kappa shape index (κ3) is 1.09. The Labute approximate surface area is 40.7 Å². The first-order chi connectivity index (χ1) is 2.21. The van der Waals surface area contributed by atoms with Crippen LogP contribution in [-0.4, -0.2) is 0 Å². The maximum absolute atomic E-state index is 5.41. The second kappa shape index (κ2) is 0.872. The van der Waals surface area contributed by atoms with E-state index in [1.165, 1.54) is 0 Å². The SMILES string of the molecule is Cl[P+]1(Cl)C=C1. The van der Waals surface area contributed by atoms with Crippen molar-refractivity contribution in [3.63, 3.8) is 0 Å². The van der Waals surface area contributed by atoms with Gasteiger partial charge in [0.25, 0.3) is 5.97 Å². The fourth-order valence-electron chi connectivity index (χ4n) is 0.0504. The van der Waals surface area contributed by atoms with Gasteiger partial charge in [-0.25, -0.2) is 0 Å². The summed E-state index contributed by atoms with van der Waals surface area (Å²) >= 11 is 10.8. The zero-order valence-corrected chi connectivity index (χ0v) is 4.76. The molecular formula is C2H2Cl2P+. The van der Waals surface area contributed by atoms with Gasteiger partial charge in [-0.3, -0.25) is 0 Å². The van der Waals surface area contributed by atoms with E-state index in [0.717, 1.165) is 0 Å². The third-order valence-corrected chi connectivity index (χ3v) is 2.48. The van der Waals surface area contributed by atoms with E-state index in [2.05, 4.69) is 0 Å². The highest BCUT2D eigenvalue weighted by molar-refractivity contribution is 8.25. The summed E-state index contributed by atoms with van der Waals surface area (Å²) in [5.74, 6) is 2.21. The number of rotatable bonds is 0. The molecule has 0 saturated carbocycles. The largest absolute Gasteiger partial charge is 0.267 e. The summed E-state index contributed by atoms with van der Waals surface area (Å²) in [6.45, 7) is 0. The molecule has 0 fully saturated rings. The first-order valence-electron chi connectivity index (χ1n) is 1.19. The van der Waals surface area contributed by atoms with Gasteiger partial charge in [-0.05, 0) is 0 Å². The Morgan fingerprint density at radius 3 is 1.40 bits per heavy atom. The van der Waals surface area contributed by atoms with Crippen LogP contribution in [0.4, 0.5) is 0 Å². The summed E-state index contributed by atoms with van der Waals surface area (Å²) in [4.78, 5) is 0. The van der Waals surface area contributed by atoms with Crippen molar-refractivity contribution < 1.29 is 0 Å². The van der Waals surface area contributed by atoms with Crippen LogP contribution in [0.15, 0.2) is 11.6 Å². The van der Waals surface area contributed by atoms with Crippen molar-refractivity contribution in [1.29, 1.82) is 0 Å². The van der Waals surface area contributed by atoms with Crippen molar-refractivity contribution >= 4 is 28.4 Å². The molecule has 0 amide bonds. The molecule has 0 unspecified atom stereocenters. The first kappa shape index (κ1) is 3.92. The lowest BCUT2D eigenvalue weighted by Crippen LogP contribution is -1.18.